The number of para-hydroxylation sites is 1. The Labute approximate surface area is 226 Å². The molecule has 186 valence electrons. The fourth-order valence-electron chi connectivity index (χ4n) is 4.81. The monoisotopic (exact) mass is 516 g/mol. The van der Waals surface area contributed by atoms with Crippen LogP contribution in [0.15, 0.2) is 91.3 Å². The van der Waals surface area contributed by atoms with Crippen molar-refractivity contribution < 1.29 is 4.74 Å². The van der Waals surface area contributed by atoms with E-state index in [9.17, 15) is 5.26 Å². The maximum atomic E-state index is 9.18. The van der Waals surface area contributed by atoms with Crippen molar-refractivity contribution in [2.45, 2.75) is 25.3 Å². The van der Waals surface area contributed by atoms with Crippen molar-refractivity contribution in [3.63, 3.8) is 0 Å². The average Bonchev–Trinajstić information content (AvgIpc) is 3.38. The Morgan fingerprint density at radius 1 is 0.974 bits per heavy atom. The first kappa shape index (κ1) is 25.1. The minimum absolute atomic E-state index is 0.0214. The van der Waals surface area contributed by atoms with Gasteiger partial charge in [-0.15, -0.1) is 0 Å². The zero-order chi connectivity index (χ0) is 26.3. The van der Waals surface area contributed by atoms with Crippen LogP contribution in [-0.2, 0) is 0 Å². The number of halogens is 1. The van der Waals surface area contributed by atoms with Crippen LogP contribution in [0, 0.1) is 22.7 Å². The number of pyridine rings is 1. The molecular formula is C32H25ClN4O. The van der Waals surface area contributed by atoms with Crippen molar-refractivity contribution in [1.82, 2.24) is 9.55 Å². The second-order valence-corrected chi connectivity index (χ2v) is 9.41. The summed E-state index contributed by atoms with van der Waals surface area (Å²) in [4.78, 5) is 4.44. The summed E-state index contributed by atoms with van der Waals surface area (Å²) in [6.45, 7) is -0.0214. The zero-order valence-corrected chi connectivity index (χ0v) is 21.5. The second-order valence-electron chi connectivity index (χ2n) is 9.00. The number of ether oxygens (including phenoxy) is 1. The maximum Gasteiger partial charge on any atom is 0.174 e. The first-order valence-corrected chi connectivity index (χ1v) is 12.8. The lowest BCUT2D eigenvalue weighted by molar-refractivity contribution is 0.369. The van der Waals surface area contributed by atoms with Gasteiger partial charge in [-0.25, -0.2) is 0 Å². The van der Waals surface area contributed by atoms with E-state index >= 15 is 0 Å². The second kappa shape index (κ2) is 11.6. The smallest absolute Gasteiger partial charge is 0.174 e. The molecule has 2 aromatic heterocycles. The van der Waals surface area contributed by atoms with Crippen molar-refractivity contribution in [3.05, 3.63) is 108 Å². The Balaban J connectivity index is 1.53. The third-order valence-electron chi connectivity index (χ3n) is 6.57. The summed E-state index contributed by atoms with van der Waals surface area (Å²) in [5.74, 6) is 0.670. The van der Waals surface area contributed by atoms with Crippen LogP contribution in [-0.4, -0.2) is 16.2 Å². The maximum absolute atomic E-state index is 9.18. The summed E-state index contributed by atoms with van der Waals surface area (Å²) in [6, 6.07) is 30.5. The predicted molar refractivity (Wildman–Crippen MR) is 153 cm³/mol. The molecular weight excluding hydrogens is 492 g/mol. The fourth-order valence-corrected chi connectivity index (χ4v) is 5.06. The molecule has 1 unspecified atom stereocenters. The van der Waals surface area contributed by atoms with Gasteiger partial charge in [0, 0.05) is 34.6 Å². The molecule has 6 heteroatoms. The molecule has 38 heavy (non-hydrogen) atoms. The van der Waals surface area contributed by atoms with Gasteiger partial charge < -0.3 is 9.30 Å². The van der Waals surface area contributed by atoms with Gasteiger partial charge in [0.25, 0.3) is 0 Å². The topological polar surface area (TPSA) is 74.6 Å². The van der Waals surface area contributed by atoms with E-state index in [0.717, 1.165) is 51.3 Å². The van der Waals surface area contributed by atoms with Gasteiger partial charge in [-0.05, 0) is 65.9 Å². The van der Waals surface area contributed by atoms with Gasteiger partial charge in [0.1, 0.15) is 11.8 Å². The number of nitriles is 2. The van der Waals surface area contributed by atoms with Crippen LogP contribution < -0.4 is 4.74 Å². The summed E-state index contributed by atoms with van der Waals surface area (Å²) < 4.78 is 7.96. The highest BCUT2D eigenvalue weighted by atomic mass is 35.5. The highest BCUT2D eigenvalue weighted by molar-refractivity contribution is 6.51. The van der Waals surface area contributed by atoms with E-state index in [1.807, 2.05) is 66.7 Å². The van der Waals surface area contributed by atoms with Crippen LogP contribution in [0.1, 0.15) is 42.0 Å². The summed E-state index contributed by atoms with van der Waals surface area (Å²) in [6.07, 6.45) is 7.82. The Bertz CT molecular complexity index is 1710. The quantitative estimate of drug-likeness (QED) is 0.146. The van der Waals surface area contributed by atoms with Crippen LogP contribution >= 0.6 is 11.6 Å². The molecule has 0 amide bonds. The number of unbranched alkanes of at least 4 members (excludes halogenated alkanes) is 1. The molecule has 0 bridgehead atoms. The molecule has 1 atom stereocenters. The van der Waals surface area contributed by atoms with Crippen LogP contribution in [0.3, 0.4) is 0 Å². The SMILES string of the molecule is N#CCCCC(c1cccc(/C=C(/Cl)c2ccc3cccnc3c2)c1)n1ccc2cccc(OCC#N)c21. The van der Waals surface area contributed by atoms with Gasteiger partial charge in [0.05, 0.1) is 23.1 Å². The van der Waals surface area contributed by atoms with E-state index < -0.39 is 0 Å². The number of hydrogen-bond donors (Lipinski definition) is 0. The molecule has 0 radical (unpaired) electrons. The molecule has 5 aromatic rings. The molecule has 0 spiro atoms. The standard InChI is InChI=1S/C32H25ClN4O/c33-28(26-13-12-24-9-5-17-36-29(24)22-26)21-23-6-3-8-27(20-23)30(10-1-2-15-34)37-18-14-25-7-4-11-31(32(25)37)38-19-16-35/h3-9,11-14,17-18,20-22,30H,1-2,10,19H2/b28-21+. The van der Waals surface area contributed by atoms with E-state index in [1.54, 1.807) is 6.20 Å². The molecule has 0 saturated carbocycles. The minimum atomic E-state index is -0.0234. The zero-order valence-electron chi connectivity index (χ0n) is 20.7. The van der Waals surface area contributed by atoms with Crippen molar-refractivity contribution in [3.8, 4) is 17.9 Å². The number of benzene rings is 3. The Morgan fingerprint density at radius 2 is 1.84 bits per heavy atom. The van der Waals surface area contributed by atoms with E-state index in [0.29, 0.717) is 17.2 Å². The molecule has 5 rings (SSSR count). The number of nitrogens with zero attached hydrogens (tertiary/aromatic N) is 4. The number of aromatic nitrogens is 2. The summed E-state index contributed by atoms with van der Waals surface area (Å²) in [5.41, 5.74) is 4.83. The van der Waals surface area contributed by atoms with E-state index in [2.05, 4.69) is 46.1 Å². The van der Waals surface area contributed by atoms with Gasteiger partial charge in [-0.3, -0.25) is 4.98 Å². The molecule has 0 N–H and O–H groups in total. The third-order valence-corrected chi connectivity index (χ3v) is 6.90. The molecule has 0 saturated heterocycles. The number of hydrogen-bond acceptors (Lipinski definition) is 4. The molecule has 0 aliphatic rings. The first-order valence-electron chi connectivity index (χ1n) is 12.5. The number of fused-ring (bicyclic) bond motifs is 2. The van der Waals surface area contributed by atoms with Crippen molar-refractivity contribution in [1.29, 1.82) is 10.5 Å². The summed E-state index contributed by atoms with van der Waals surface area (Å²) in [7, 11) is 0. The average molecular weight is 517 g/mol. The lowest BCUT2D eigenvalue weighted by atomic mass is 9.98. The Hall–Kier alpha value is -4.58. The molecule has 0 aliphatic carbocycles. The van der Waals surface area contributed by atoms with Crippen LogP contribution in [0.4, 0.5) is 0 Å². The lowest BCUT2D eigenvalue weighted by Gasteiger charge is -2.22. The molecule has 2 heterocycles. The largest absolute Gasteiger partial charge is 0.477 e. The van der Waals surface area contributed by atoms with Crippen LogP contribution in [0.25, 0.3) is 32.9 Å². The number of rotatable bonds is 9. The molecule has 5 nitrogen and oxygen atoms in total. The molecule has 3 aromatic carbocycles. The summed E-state index contributed by atoms with van der Waals surface area (Å²) in [5, 5.41) is 21.0. The van der Waals surface area contributed by atoms with Gasteiger partial charge in [-0.1, -0.05) is 60.1 Å². The first-order chi connectivity index (χ1) is 18.7. The van der Waals surface area contributed by atoms with E-state index in [-0.39, 0.29) is 12.6 Å². The molecule has 0 aliphatic heterocycles. The normalized spacial score (nSPS) is 12.2. The Morgan fingerprint density at radius 3 is 2.71 bits per heavy atom. The van der Waals surface area contributed by atoms with Gasteiger partial charge in [0.15, 0.2) is 6.61 Å². The summed E-state index contributed by atoms with van der Waals surface area (Å²) >= 11 is 6.77. The van der Waals surface area contributed by atoms with Gasteiger partial charge in [0.2, 0.25) is 0 Å². The predicted octanol–water partition coefficient (Wildman–Crippen LogP) is 8.11. The molecule has 0 fully saturated rings. The highest BCUT2D eigenvalue weighted by Gasteiger charge is 2.18. The van der Waals surface area contributed by atoms with E-state index in [4.69, 9.17) is 21.6 Å². The fraction of sp³-hybridized carbons (Fsp3) is 0.156. The van der Waals surface area contributed by atoms with Crippen molar-refractivity contribution >= 4 is 44.5 Å². The third kappa shape index (κ3) is 5.39. The minimum Gasteiger partial charge on any atom is -0.477 e. The van der Waals surface area contributed by atoms with E-state index in [1.165, 1.54) is 0 Å². The lowest BCUT2D eigenvalue weighted by Crippen LogP contribution is -2.11. The van der Waals surface area contributed by atoms with Crippen molar-refractivity contribution in [2.75, 3.05) is 6.61 Å². The highest BCUT2D eigenvalue weighted by Crippen LogP contribution is 2.35. The van der Waals surface area contributed by atoms with Crippen LogP contribution in [0.2, 0.25) is 0 Å². The van der Waals surface area contributed by atoms with Gasteiger partial charge in [-0.2, -0.15) is 10.5 Å². The Kier molecular flexibility index (Phi) is 7.69. The van der Waals surface area contributed by atoms with Gasteiger partial charge >= 0.3 is 0 Å². The van der Waals surface area contributed by atoms with Crippen LogP contribution in [0.5, 0.6) is 5.75 Å². The van der Waals surface area contributed by atoms with Crippen molar-refractivity contribution in [2.24, 2.45) is 0 Å².